The van der Waals surface area contributed by atoms with Gasteiger partial charge in [0.1, 0.15) is 0 Å². The molecule has 1 nitrogen and oxygen atoms in total. The predicted molar refractivity (Wildman–Crippen MR) is 51.8 cm³/mol. The van der Waals surface area contributed by atoms with Crippen LogP contribution in [0.1, 0.15) is 5.56 Å². The predicted octanol–water partition coefficient (Wildman–Crippen LogP) is 3.91. The van der Waals surface area contributed by atoms with Crippen molar-refractivity contribution in [2.45, 2.75) is 6.18 Å². The fourth-order valence-corrected chi connectivity index (χ4v) is 1.59. The van der Waals surface area contributed by atoms with Crippen LogP contribution in [0, 0.1) is 0 Å². The van der Waals surface area contributed by atoms with Crippen molar-refractivity contribution in [3.8, 4) is 0 Å². The molecule has 78 valence electrons. The third-order valence-corrected chi connectivity index (χ3v) is 2.31. The molecule has 1 aromatic carbocycles. The SMILES string of the molecule is FC(F)(F)c1cc2ncccc2cc1Cl. The number of pyridine rings is 1. The molecule has 0 spiro atoms. The van der Waals surface area contributed by atoms with Gasteiger partial charge in [-0.2, -0.15) is 13.2 Å². The van der Waals surface area contributed by atoms with Gasteiger partial charge in [-0.25, -0.2) is 0 Å². The fraction of sp³-hybridized carbons (Fsp3) is 0.100. The molecule has 5 heteroatoms. The summed E-state index contributed by atoms with van der Waals surface area (Å²) >= 11 is 5.54. The molecule has 0 radical (unpaired) electrons. The maximum Gasteiger partial charge on any atom is 0.417 e. The van der Waals surface area contributed by atoms with E-state index in [0.29, 0.717) is 5.39 Å². The summed E-state index contributed by atoms with van der Waals surface area (Å²) in [5.41, 5.74) is -0.565. The van der Waals surface area contributed by atoms with Crippen LogP contribution >= 0.6 is 11.6 Å². The number of hydrogen-bond acceptors (Lipinski definition) is 1. The lowest BCUT2D eigenvalue weighted by molar-refractivity contribution is -0.137. The average molecular weight is 232 g/mol. The van der Waals surface area contributed by atoms with Crippen LogP contribution in [-0.4, -0.2) is 4.98 Å². The highest BCUT2D eigenvalue weighted by Crippen LogP contribution is 2.36. The van der Waals surface area contributed by atoms with Crippen molar-refractivity contribution in [1.82, 2.24) is 4.98 Å². The molecule has 0 unspecified atom stereocenters. The van der Waals surface area contributed by atoms with Crippen molar-refractivity contribution in [3.05, 3.63) is 41.0 Å². The first-order valence-electron chi connectivity index (χ1n) is 4.10. The van der Waals surface area contributed by atoms with Gasteiger partial charge in [-0.05, 0) is 18.2 Å². The Morgan fingerprint density at radius 1 is 1.20 bits per heavy atom. The van der Waals surface area contributed by atoms with E-state index in [1.54, 1.807) is 12.1 Å². The lowest BCUT2D eigenvalue weighted by Gasteiger charge is -2.09. The second-order valence-corrected chi connectivity index (χ2v) is 3.43. The molecule has 0 aliphatic heterocycles. The van der Waals surface area contributed by atoms with Gasteiger partial charge in [-0.15, -0.1) is 0 Å². The van der Waals surface area contributed by atoms with Gasteiger partial charge in [-0.3, -0.25) is 4.98 Å². The Bertz CT molecular complexity index is 507. The first kappa shape index (κ1) is 10.2. The number of fused-ring (bicyclic) bond motifs is 1. The second kappa shape index (κ2) is 3.38. The molecule has 0 bridgehead atoms. The molecule has 0 aliphatic carbocycles. The Morgan fingerprint density at radius 2 is 1.93 bits per heavy atom. The summed E-state index contributed by atoms with van der Waals surface area (Å²) < 4.78 is 37.4. The Hall–Kier alpha value is -1.29. The molecular formula is C10H5ClF3N. The molecule has 0 saturated carbocycles. The third-order valence-electron chi connectivity index (χ3n) is 2.00. The zero-order chi connectivity index (χ0) is 11.1. The van der Waals surface area contributed by atoms with Gasteiger partial charge >= 0.3 is 6.18 Å². The van der Waals surface area contributed by atoms with E-state index in [-0.39, 0.29) is 10.5 Å². The first-order chi connectivity index (χ1) is 6.98. The minimum absolute atomic E-state index is 0.286. The molecule has 0 fully saturated rings. The third kappa shape index (κ3) is 1.90. The summed E-state index contributed by atoms with van der Waals surface area (Å²) in [6.07, 6.45) is -3.00. The van der Waals surface area contributed by atoms with E-state index in [1.807, 2.05) is 0 Å². The van der Waals surface area contributed by atoms with Crippen molar-refractivity contribution in [2.75, 3.05) is 0 Å². The van der Waals surface area contributed by atoms with Gasteiger partial charge < -0.3 is 0 Å². The van der Waals surface area contributed by atoms with E-state index in [0.717, 1.165) is 6.07 Å². The van der Waals surface area contributed by atoms with E-state index in [1.165, 1.54) is 12.3 Å². The number of aromatic nitrogens is 1. The molecule has 0 amide bonds. The van der Waals surface area contributed by atoms with E-state index in [4.69, 9.17) is 11.6 Å². The van der Waals surface area contributed by atoms with E-state index in [2.05, 4.69) is 4.98 Å². The van der Waals surface area contributed by atoms with Crippen molar-refractivity contribution in [3.63, 3.8) is 0 Å². The van der Waals surface area contributed by atoms with Gasteiger partial charge in [-0.1, -0.05) is 17.7 Å². The summed E-state index contributed by atoms with van der Waals surface area (Å²) in [5.74, 6) is 0. The minimum Gasteiger partial charge on any atom is -0.256 e. The summed E-state index contributed by atoms with van der Waals surface area (Å²) in [5, 5.41) is 0.290. The van der Waals surface area contributed by atoms with Crippen LogP contribution in [0.25, 0.3) is 10.9 Å². The Kier molecular flexibility index (Phi) is 2.31. The monoisotopic (exact) mass is 231 g/mol. The highest BCUT2D eigenvalue weighted by molar-refractivity contribution is 6.32. The van der Waals surface area contributed by atoms with Crippen LogP contribution in [0.3, 0.4) is 0 Å². The first-order valence-corrected chi connectivity index (χ1v) is 4.48. The molecule has 1 aromatic heterocycles. The molecule has 2 aromatic rings. The van der Waals surface area contributed by atoms with Crippen molar-refractivity contribution in [2.24, 2.45) is 0 Å². The number of halogens is 4. The van der Waals surface area contributed by atoms with Gasteiger partial charge in [0.25, 0.3) is 0 Å². The molecule has 0 aliphatic rings. The number of nitrogens with zero attached hydrogens (tertiary/aromatic N) is 1. The maximum atomic E-state index is 12.5. The second-order valence-electron chi connectivity index (χ2n) is 3.03. The Morgan fingerprint density at radius 3 is 2.60 bits per heavy atom. The van der Waals surface area contributed by atoms with Crippen molar-refractivity contribution < 1.29 is 13.2 Å². The molecule has 1 heterocycles. The summed E-state index contributed by atoms with van der Waals surface area (Å²) in [4.78, 5) is 3.84. The summed E-state index contributed by atoms with van der Waals surface area (Å²) in [7, 11) is 0. The van der Waals surface area contributed by atoms with Gasteiger partial charge in [0.2, 0.25) is 0 Å². The van der Waals surface area contributed by atoms with Crippen LogP contribution < -0.4 is 0 Å². The fourth-order valence-electron chi connectivity index (χ4n) is 1.31. The average Bonchev–Trinajstić information content (AvgIpc) is 2.15. The molecule has 0 saturated heterocycles. The smallest absolute Gasteiger partial charge is 0.256 e. The largest absolute Gasteiger partial charge is 0.417 e. The number of hydrogen-bond donors (Lipinski definition) is 0. The lowest BCUT2D eigenvalue weighted by Crippen LogP contribution is -2.05. The van der Waals surface area contributed by atoms with E-state index in [9.17, 15) is 13.2 Å². The summed E-state index contributed by atoms with van der Waals surface area (Å²) in [6.45, 7) is 0. The van der Waals surface area contributed by atoms with Crippen LogP contribution in [0.15, 0.2) is 30.5 Å². The topological polar surface area (TPSA) is 12.9 Å². The molecule has 0 N–H and O–H groups in total. The summed E-state index contributed by atoms with van der Waals surface area (Å²) in [6, 6.07) is 5.53. The lowest BCUT2D eigenvalue weighted by atomic mass is 10.1. The minimum atomic E-state index is -4.44. The van der Waals surface area contributed by atoms with Gasteiger partial charge in [0, 0.05) is 11.6 Å². The standard InChI is InChI=1S/C10H5ClF3N/c11-8-4-6-2-1-3-15-9(6)5-7(8)10(12,13)14/h1-5H. The van der Waals surface area contributed by atoms with Crippen LogP contribution in [-0.2, 0) is 6.18 Å². The van der Waals surface area contributed by atoms with Gasteiger partial charge in [0.05, 0.1) is 16.1 Å². The molecule has 2 rings (SSSR count). The molecule has 0 atom stereocenters. The van der Waals surface area contributed by atoms with E-state index >= 15 is 0 Å². The van der Waals surface area contributed by atoms with E-state index < -0.39 is 11.7 Å². The van der Waals surface area contributed by atoms with Crippen LogP contribution in [0.5, 0.6) is 0 Å². The highest BCUT2D eigenvalue weighted by Gasteiger charge is 2.33. The molecule has 15 heavy (non-hydrogen) atoms. The van der Waals surface area contributed by atoms with Crippen LogP contribution in [0.4, 0.5) is 13.2 Å². The van der Waals surface area contributed by atoms with Crippen molar-refractivity contribution >= 4 is 22.5 Å². The van der Waals surface area contributed by atoms with Crippen LogP contribution in [0.2, 0.25) is 5.02 Å². The Balaban J connectivity index is 2.73. The van der Waals surface area contributed by atoms with Crippen molar-refractivity contribution in [1.29, 1.82) is 0 Å². The zero-order valence-corrected chi connectivity index (χ0v) is 8.10. The number of rotatable bonds is 0. The zero-order valence-electron chi connectivity index (χ0n) is 7.35. The molecular weight excluding hydrogens is 227 g/mol. The number of benzene rings is 1. The maximum absolute atomic E-state index is 12.5. The number of alkyl halides is 3. The normalized spacial score (nSPS) is 12.0. The van der Waals surface area contributed by atoms with Gasteiger partial charge in [0.15, 0.2) is 0 Å². The highest BCUT2D eigenvalue weighted by atomic mass is 35.5. The quantitative estimate of drug-likeness (QED) is 0.670. The Labute approximate surface area is 88.5 Å².